The highest BCUT2D eigenvalue weighted by atomic mass is 16.7. The Balaban J connectivity index is 2.51. The summed E-state index contributed by atoms with van der Waals surface area (Å²) in [6.45, 7) is 3.63. The van der Waals surface area contributed by atoms with Gasteiger partial charge in [0.15, 0.2) is 18.0 Å². The average Bonchev–Trinajstić information content (AvgIpc) is 2.75. The van der Waals surface area contributed by atoms with Crippen LogP contribution in [0.25, 0.3) is 0 Å². The maximum absolute atomic E-state index is 11.8. The van der Waals surface area contributed by atoms with Crippen molar-refractivity contribution >= 4 is 29.6 Å². The molecule has 13 nitrogen and oxygen atoms in total. The topological polar surface area (TPSA) is 173 Å². The average molecular weight is 483 g/mol. The van der Waals surface area contributed by atoms with Gasteiger partial charge in [-0.25, -0.2) is 0 Å². The molecule has 1 saturated heterocycles. The van der Waals surface area contributed by atoms with Gasteiger partial charge in [-0.05, 0) is 22.9 Å². The van der Waals surface area contributed by atoms with Crippen molar-refractivity contribution < 1.29 is 52.7 Å². The number of carbonyl (C=O) groups excluding carboxylic acids is 4. The Kier molecular flexibility index (Phi) is 9.45. The lowest BCUT2D eigenvalue weighted by molar-refractivity contribution is -0.288. The molecule has 0 bridgehead atoms. The quantitative estimate of drug-likeness (QED) is 0.301. The molecule has 1 aliphatic heterocycles. The van der Waals surface area contributed by atoms with Crippen LogP contribution in [0.3, 0.4) is 0 Å². The van der Waals surface area contributed by atoms with Gasteiger partial charge in [0.2, 0.25) is 12.4 Å². The normalized spacial score (nSPS) is 23.9. The largest absolute Gasteiger partial charge is 0.463 e. The molecule has 186 valence electrons. The minimum atomic E-state index is -1.51. The first-order valence-electron chi connectivity index (χ1n) is 10.1. The minimum Gasteiger partial charge on any atom is -0.463 e. The lowest BCUT2D eigenvalue weighted by atomic mass is 9.98. The van der Waals surface area contributed by atoms with E-state index in [-0.39, 0.29) is 18.0 Å². The molecule has 1 aromatic carbocycles. The SMILES string of the molecule is CC(=O)OC[C@H]1O[C@@H](Oc2ccc(CO)cc2N=O)[C@H](OC(C)=O)[C@@H](OC(C)=O)[C@H]1OC(C)=O. The zero-order chi connectivity index (χ0) is 25.4. The summed E-state index contributed by atoms with van der Waals surface area (Å²) in [5, 5.41) is 12.1. The van der Waals surface area contributed by atoms with Crippen molar-refractivity contribution in [3.63, 3.8) is 0 Å². The molecule has 1 aromatic rings. The first-order chi connectivity index (χ1) is 16.0. The molecular formula is C21H25NO12. The van der Waals surface area contributed by atoms with E-state index in [4.69, 9.17) is 28.4 Å². The Bertz CT molecular complexity index is 932. The predicted octanol–water partition coefficient (Wildman–Crippen LogP) is 1.04. The fraction of sp³-hybridized carbons (Fsp3) is 0.524. The van der Waals surface area contributed by atoms with Crippen LogP contribution in [-0.4, -0.2) is 66.3 Å². The van der Waals surface area contributed by atoms with Crippen LogP contribution in [0.1, 0.15) is 33.3 Å². The summed E-state index contributed by atoms with van der Waals surface area (Å²) < 4.78 is 32.4. The molecule has 1 heterocycles. The van der Waals surface area contributed by atoms with Crippen molar-refractivity contribution in [3.8, 4) is 5.75 Å². The Hall–Kier alpha value is -3.58. The van der Waals surface area contributed by atoms with E-state index in [1.54, 1.807) is 0 Å². The zero-order valence-corrected chi connectivity index (χ0v) is 18.9. The molecule has 34 heavy (non-hydrogen) atoms. The predicted molar refractivity (Wildman–Crippen MR) is 110 cm³/mol. The molecule has 1 fully saturated rings. The summed E-state index contributed by atoms with van der Waals surface area (Å²) >= 11 is 0. The van der Waals surface area contributed by atoms with Crippen LogP contribution in [-0.2, 0) is 49.5 Å². The standard InChI is InChI=1S/C21H25NO12/c1-10(24)29-9-17-18(30-11(2)25)19(31-12(3)26)20(32-13(4)27)21(34-17)33-16-6-5-14(8-23)7-15(16)22-28/h5-7,17-21,23H,8-9H2,1-4H3/t17-,18+,19+,20-,21-/m1/s1. The van der Waals surface area contributed by atoms with E-state index in [1.807, 2.05) is 0 Å². The van der Waals surface area contributed by atoms with Gasteiger partial charge in [-0.15, -0.1) is 4.91 Å². The smallest absolute Gasteiger partial charge is 0.303 e. The Labute approximate surface area is 194 Å². The number of aliphatic hydroxyl groups excluding tert-OH is 1. The number of hydrogen-bond donors (Lipinski definition) is 1. The van der Waals surface area contributed by atoms with Gasteiger partial charge in [0.05, 0.1) is 6.61 Å². The van der Waals surface area contributed by atoms with Crippen LogP contribution in [0.2, 0.25) is 0 Å². The molecule has 0 spiro atoms. The summed E-state index contributed by atoms with van der Waals surface area (Å²) in [5.41, 5.74) is 0.183. The molecule has 13 heteroatoms. The van der Waals surface area contributed by atoms with Crippen molar-refractivity contribution in [3.05, 3.63) is 28.7 Å². The van der Waals surface area contributed by atoms with Crippen LogP contribution < -0.4 is 4.74 Å². The number of rotatable bonds is 9. The maximum atomic E-state index is 11.8. The fourth-order valence-electron chi connectivity index (χ4n) is 3.24. The van der Waals surface area contributed by atoms with E-state index < -0.39 is 61.2 Å². The highest BCUT2D eigenvalue weighted by Gasteiger charge is 2.53. The molecule has 0 amide bonds. The van der Waals surface area contributed by atoms with Crippen LogP contribution in [0, 0.1) is 4.91 Å². The number of aliphatic hydroxyl groups is 1. The third kappa shape index (κ3) is 7.22. The van der Waals surface area contributed by atoms with Crippen molar-refractivity contribution in [1.82, 2.24) is 0 Å². The molecule has 0 aliphatic carbocycles. The number of ether oxygens (including phenoxy) is 6. The fourth-order valence-corrected chi connectivity index (χ4v) is 3.24. The number of esters is 4. The van der Waals surface area contributed by atoms with Crippen molar-refractivity contribution in [2.75, 3.05) is 6.61 Å². The Morgan fingerprint density at radius 3 is 2.03 bits per heavy atom. The van der Waals surface area contributed by atoms with E-state index >= 15 is 0 Å². The number of hydrogen-bond acceptors (Lipinski definition) is 13. The van der Waals surface area contributed by atoms with Crippen LogP contribution in [0.4, 0.5) is 5.69 Å². The van der Waals surface area contributed by atoms with Crippen molar-refractivity contribution in [1.29, 1.82) is 0 Å². The number of carbonyl (C=O) groups is 4. The molecular weight excluding hydrogens is 458 g/mol. The van der Waals surface area contributed by atoms with Crippen molar-refractivity contribution in [2.24, 2.45) is 5.18 Å². The van der Waals surface area contributed by atoms with Gasteiger partial charge < -0.3 is 33.5 Å². The molecule has 0 unspecified atom stereocenters. The van der Waals surface area contributed by atoms with Gasteiger partial charge in [-0.3, -0.25) is 19.2 Å². The molecule has 0 aromatic heterocycles. The molecule has 2 rings (SSSR count). The lowest BCUT2D eigenvalue weighted by Crippen LogP contribution is -2.63. The van der Waals surface area contributed by atoms with E-state index in [1.165, 1.54) is 18.2 Å². The summed E-state index contributed by atoms with van der Waals surface area (Å²) in [6, 6.07) is 4.05. The molecule has 0 saturated carbocycles. The van der Waals surface area contributed by atoms with E-state index in [0.717, 1.165) is 27.7 Å². The van der Waals surface area contributed by atoms with Gasteiger partial charge in [0, 0.05) is 27.7 Å². The summed E-state index contributed by atoms with van der Waals surface area (Å²) in [6.07, 6.45) is -6.95. The van der Waals surface area contributed by atoms with Gasteiger partial charge in [0.25, 0.3) is 0 Å². The van der Waals surface area contributed by atoms with Crippen molar-refractivity contribution in [2.45, 2.75) is 65.0 Å². The second-order valence-electron chi connectivity index (χ2n) is 7.24. The van der Waals surface area contributed by atoms with Gasteiger partial charge in [-0.1, -0.05) is 6.07 Å². The molecule has 1 N–H and O–H groups in total. The second-order valence-corrected chi connectivity index (χ2v) is 7.24. The van der Waals surface area contributed by atoms with Gasteiger partial charge >= 0.3 is 23.9 Å². The zero-order valence-electron chi connectivity index (χ0n) is 18.9. The Morgan fingerprint density at radius 2 is 1.50 bits per heavy atom. The summed E-state index contributed by atoms with van der Waals surface area (Å²) in [4.78, 5) is 58.1. The van der Waals surface area contributed by atoms with E-state index in [9.17, 15) is 29.2 Å². The number of nitrogens with zero attached hydrogens (tertiary/aromatic N) is 1. The van der Waals surface area contributed by atoms with Crippen LogP contribution >= 0.6 is 0 Å². The first kappa shape index (κ1) is 26.7. The number of benzene rings is 1. The monoisotopic (exact) mass is 483 g/mol. The van der Waals surface area contributed by atoms with Crippen LogP contribution in [0.15, 0.2) is 23.4 Å². The third-order valence-electron chi connectivity index (χ3n) is 4.50. The van der Waals surface area contributed by atoms with E-state index in [2.05, 4.69) is 5.18 Å². The highest BCUT2D eigenvalue weighted by Crippen LogP contribution is 2.35. The lowest BCUT2D eigenvalue weighted by Gasteiger charge is -2.43. The van der Waals surface area contributed by atoms with Gasteiger partial charge in [0.1, 0.15) is 18.4 Å². The minimum absolute atomic E-state index is 0.104. The third-order valence-corrected chi connectivity index (χ3v) is 4.50. The Morgan fingerprint density at radius 1 is 0.912 bits per heavy atom. The van der Waals surface area contributed by atoms with E-state index in [0.29, 0.717) is 5.56 Å². The molecule has 0 radical (unpaired) electrons. The second kappa shape index (κ2) is 12.0. The van der Waals surface area contributed by atoms with Gasteiger partial charge in [-0.2, -0.15) is 0 Å². The van der Waals surface area contributed by atoms with Crippen LogP contribution in [0.5, 0.6) is 5.75 Å². The summed E-state index contributed by atoms with van der Waals surface area (Å²) in [7, 11) is 0. The molecule has 5 atom stereocenters. The molecule has 1 aliphatic rings. The first-order valence-corrected chi connectivity index (χ1v) is 10.1. The summed E-state index contributed by atoms with van der Waals surface area (Å²) in [5.74, 6) is -3.14. The highest BCUT2D eigenvalue weighted by molar-refractivity contribution is 5.68. The number of nitroso groups, excluding NO2 is 1. The maximum Gasteiger partial charge on any atom is 0.303 e.